The van der Waals surface area contributed by atoms with Crippen molar-refractivity contribution < 1.29 is 4.74 Å². The van der Waals surface area contributed by atoms with E-state index in [1.807, 2.05) is 12.1 Å². The number of aryl methyl sites for hydroxylation is 1. The zero-order valence-electron chi connectivity index (χ0n) is 15.1. The molecular weight excluding hydrogens is 306 g/mol. The summed E-state index contributed by atoms with van der Waals surface area (Å²) in [5.74, 6) is 0.928. The van der Waals surface area contributed by atoms with Crippen LogP contribution in [-0.4, -0.2) is 12.1 Å². The Balaban J connectivity index is 2.11. The number of methoxy groups -OCH3 is 1. The fraction of sp³-hybridized carbons (Fsp3) is 0.261. The Bertz CT molecular complexity index is 943. The number of rotatable bonds is 4. The molecule has 1 aliphatic carbocycles. The number of hydrogen-bond acceptors (Lipinski definition) is 2. The van der Waals surface area contributed by atoms with Crippen LogP contribution in [0.5, 0.6) is 5.75 Å². The molecule has 2 aromatic carbocycles. The molecule has 3 aromatic rings. The molecule has 0 unspecified atom stereocenters. The van der Waals surface area contributed by atoms with Gasteiger partial charge < -0.3 is 4.74 Å². The molecule has 25 heavy (non-hydrogen) atoms. The molecule has 2 nitrogen and oxygen atoms in total. The van der Waals surface area contributed by atoms with Gasteiger partial charge in [-0.25, -0.2) is 0 Å². The molecule has 126 valence electrons. The lowest BCUT2D eigenvalue weighted by molar-refractivity contribution is 0.416. The summed E-state index contributed by atoms with van der Waals surface area (Å²) < 4.78 is 5.70. The normalized spacial score (nSPS) is 12.0. The van der Waals surface area contributed by atoms with Gasteiger partial charge in [-0.3, -0.25) is 4.98 Å². The molecule has 4 rings (SSSR count). The van der Waals surface area contributed by atoms with E-state index in [0.29, 0.717) is 0 Å². The van der Waals surface area contributed by atoms with Gasteiger partial charge in [-0.05, 0) is 35.6 Å². The molecule has 1 aliphatic rings. The Morgan fingerprint density at radius 2 is 1.60 bits per heavy atom. The maximum absolute atomic E-state index is 5.70. The largest absolute Gasteiger partial charge is 0.496 e. The van der Waals surface area contributed by atoms with Gasteiger partial charge in [0.1, 0.15) is 5.75 Å². The quantitative estimate of drug-likeness (QED) is 0.496. The van der Waals surface area contributed by atoms with Crippen molar-refractivity contribution in [2.45, 2.75) is 33.1 Å². The summed E-state index contributed by atoms with van der Waals surface area (Å²) in [5, 5.41) is 0. The van der Waals surface area contributed by atoms with E-state index < -0.39 is 0 Å². The molecule has 0 fully saturated rings. The zero-order chi connectivity index (χ0) is 17.4. The van der Waals surface area contributed by atoms with Crippen LogP contribution in [0.2, 0.25) is 0 Å². The Hall–Kier alpha value is -2.61. The third-order valence-corrected chi connectivity index (χ3v) is 5.17. The highest BCUT2D eigenvalue weighted by Crippen LogP contribution is 2.46. The number of ether oxygens (including phenoxy) is 1. The first-order valence-corrected chi connectivity index (χ1v) is 9.04. The molecule has 0 spiro atoms. The van der Waals surface area contributed by atoms with Crippen molar-refractivity contribution >= 4 is 0 Å². The molecule has 0 radical (unpaired) electrons. The predicted molar refractivity (Wildman–Crippen MR) is 103 cm³/mol. The van der Waals surface area contributed by atoms with Crippen LogP contribution in [0.25, 0.3) is 22.3 Å². The van der Waals surface area contributed by atoms with Crippen molar-refractivity contribution in [2.24, 2.45) is 0 Å². The standard InChI is InChI=1S/C23H23NO/c1-4-16-19(5-2)24-20-14-15-10-6-7-11-17(15)23(20)22(16)18-12-8-9-13-21(18)25-3/h6-13H,4-5,14H2,1-3H3. The lowest BCUT2D eigenvalue weighted by Gasteiger charge is -2.19. The minimum atomic E-state index is 0.921. The smallest absolute Gasteiger partial charge is 0.126 e. The van der Waals surface area contributed by atoms with Crippen LogP contribution in [0, 0.1) is 0 Å². The number of nitrogens with zero attached hydrogens (tertiary/aromatic N) is 1. The lowest BCUT2D eigenvalue weighted by Crippen LogP contribution is -2.04. The number of hydrogen-bond donors (Lipinski definition) is 0. The Labute approximate surface area is 149 Å². The molecule has 1 heterocycles. The maximum Gasteiger partial charge on any atom is 0.126 e. The molecular formula is C23H23NO. The van der Waals surface area contributed by atoms with Crippen LogP contribution >= 0.6 is 0 Å². The number of benzene rings is 2. The summed E-state index contributed by atoms with van der Waals surface area (Å²) in [6.45, 7) is 4.42. The van der Waals surface area contributed by atoms with Crippen LogP contribution in [-0.2, 0) is 19.3 Å². The lowest BCUT2D eigenvalue weighted by atomic mass is 9.88. The van der Waals surface area contributed by atoms with E-state index in [-0.39, 0.29) is 0 Å². The summed E-state index contributed by atoms with van der Waals surface area (Å²) in [6.07, 6.45) is 2.85. The van der Waals surface area contributed by atoms with Crippen LogP contribution < -0.4 is 4.74 Å². The highest BCUT2D eigenvalue weighted by atomic mass is 16.5. The highest BCUT2D eigenvalue weighted by Gasteiger charge is 2.27. The molecule has 0 atom stereocenters. The van der Waals surface area contributed by atoms with Crippen LogP contribution in [0.3, 0.4) is 0 Å². The van der Waals surface area contributed by atoms with Crippen LogP contribution in [0.4, 0.5) is 0 Å². The summed E-state index contributed by atoms with van der Waals surface area (Å²) in [4.78, 5) is 5.06. The molecule has 0 N–H and O–H groups in total. The average molecular weight is 329 g/mol. The van der Waals surface area contributed by atoms with Crippen molar-refractivity contribution in [1.29, 1.82) is 0 Å². The molecule has 0 bridgehead atoms. The van der Waals surface area contributed by atoms with Crippen molar-refractivity contribution in [1.82, 2.24) is 4.98 Å². The van der Waals surface area contributed by atoms with Crippen molar-refractivity contribution in [3.63, 3.8) is 0 Å². The second kappa shape index (κ2) is 6.36. The topological polar surface area (TPSA) is 22.1 Å². The number of fused-ring (bicyclic) bond motifs is 3. The van der Waals surface area contributed by atoms with Gasteiger partial charge in [-0.15, -0.1) is 0 Å². The van der Waals surface area contributed by atoms with E-state index in [0.717, 1.165) is 25.0 Å². The maximum atomic E-state index is 5.70. The highest BCUT2D eigenvalue weighted by molar-refractivity contribution is 5.93. The van der Waals surface area contributed by atoms with Crippen molar-refractivity contribution in [3.05, 3.63) is 71.0 Å². The fourth-order valence-electron chi connectivity index (χ4n) is 4.06. The summed E-state index contributed by atoms with van der Waals surface area (Å²) in [6, 6.07) is 17.0. The van der Waals surface area contributed by atoms with Crippen molar-refractivity contribution in [2.75, 3.05) is 7.11 Å². The second-order valence-electron chi connectivity index (χ2n) is 6.48. The van der Waals surface area contributed by atoms with E-state index in [2.05, 4.69) is 50.2 Å². The third kappa shape index (κ3) is 2.44. The molecule has 0 saturated heterocycles. The molecule has 0 amide bonds. The van der Waals surface area contributed by atoms with E-state index in [9.17, 15) is 0 Å². The van der Waals surface area contributed by atoms with E-state index in [1.165, 1.54) is 44.8 Å². The summed E-state index contributed by atoms with van der Waals surface area (Å²) in [5.41, 5.74) is 10.3. The van der Waals surface area contributed by atoms with Gasteiger partial charge in [0.2, 0.25) is 0 Å². The van der Waals surface area contributed by atoms with Gasteiger partial charge in [0.05, 0.1) is 12.8 Å². The van der Waals surface area contributed by atoms with Crippen LogP contribution in [0.1, 0.15) is 36.4 Å². The summed E-state index contributed by atoms with van der Waals surface area (Å²) in [7, 11) is 1.75. The van der Waals surface area contributed by atoms with E-state index in [1.54, 1.807) is 7.11 Å². The molecule has 1 aromatic heterocycles. The minimum absolute atomic E-state index is 0.921. The molecule has 0 saturated carbocycles. The number of para-hydroxylation sites is 1. The minimum Gasteiger partial charge on any atom is -0.496 e. The molecule has 2 heteroatoms. The Kier molecular flexibility index (Phi) is 4.04. The first-order chi connectivity index (χ1) is 12.3. The SMILES string of the molecule is CCc1nc2c(c(-c3ccccc3OC)c1CC)-c1ccccc1C2. The van der Waals surface area contributed by atoms with Gasteiger partial charge in [0.25, 0.3) is 0 Å². The zero-order valence-corrected chi connectivity index (χ0v) is 15.1. The van der Waals surface area contributed by atoms with Gasteiger partial charge in [-0.2, -0.15) is 0 Å². The third-order valence-electron chi connectivity index (χ3n) is 5.17. The van der Waals surface area contributed by atoms with Gasteiger partial charge in [-0.1, -0.05) is 56.3 Å². The number of pyridine rings is 1. The summed E-state index contributed by atoms with van der Waals surface area (Å²) >= 11 is 0. The van der Waals surface area contributed by atoms with Gasteiger partial charge >= 0.3 is 0 Å². The predicted octanol–water partition coefficient (Wildman–Crippen LogP) is 5.45. The average Bonchev–Trinajstić information content (AvgIpc) is 3.04. The van der Waals surface area contributed by atoms with Gasteiger partial charge in [0, 0.05) is 28.8 Å². The fourth-order valence-corrected chi connectivity index (χ4v) is 4.06. The second-order valence-corrected chi connectivity index (χ2v) is 6.48. The Morgan fingerprint density at radius 3 is 2.32 bits per heavy atom. The van der Waals surface area contributed by atoms with E-state index in [4.69, 9.17) is 9.72 Å². The number of aromatic nitrogens is 1. The monoisotopic (exact) mass is 329 g/mol. The molecule has 0 aliphatic heterocycles. The Morgan fingerprint density at radius 1 is 0.880 bits per heavy atom. The van der Waals surface area contributed by atoms with Crippen molar-refractivity contribution in [3.8, 4) is 28.0 Å². The van der Waals surface area contributed by atoms with Gasteiger partial charge in [0.15, 0.2) is 0 Å². The first-order valence-electron chi connectivity index (χ1n) is 9.04. The van der Waals surface area contributed by atoms with E-state index >= 15 is 0 Å². The van der Waals surface area contributed by atoms with Crippen LogP contribution in [0.15, 0.2) is 48.5 Å². The first kappa shape index (κ1) is 15.9.